The molecule has 0 aromatic rings. The van der Waals surface area contributed by atoms with Crippen LogP contribution in [-0.2, 0) is 0 Å². The second-order valence-electron chi connectivity index (χ2n) is 3.38. The molecule has 0 saturated carbocycles. The van der Waals surface area contributed by atoms with E-state index in [0.717, 1.165) is 16.7 Å². The highest BCUT2D eigenvalue weighted by Crippen LogP contribution is 2.17. The molecule has 0 fully saturated rings. The summed E-state index contributed by atoms with van der Waals surface area (Å²) < 4.78 is 0. The second-order valence-corrected chi connectivity index (χ2v) is 3.38. The summed E-state index contributed by atoms with van der Waals surface area (Å²) in [6.07, 6.45) is 6.59. The Balaban J connectivity index is 4.75. The van der Waals surface area contributed by atoms with Gasteiger partial charge in [-0.15, -0.1) is 0 Å². The summed E-state index contributed by atoms with van der Waals surface area (Å²) in [5.41, 5.74) is 9.19. The molecule has 0 saturated heterocycles. The Bertz CT molecular complexity index is 303. The summed E-state index contributed by atoms with van der Waals surface area (Å²) in [6.45, 7) is 15.4. The average Bonchev–Trinajstić information content (AvgIpc) is 2.01. The Morgan fingerprint density at radius 3 is 2.21 bits per heavy atom. The number of hydrogen-bond donors (Lipinski definition) is 1. The first-order valence-corrected chi connectivity index (χ1v) is 4.58. The Kier molecular flexibility index (Phi) is 5.38. The molecule has 0 unspecified atom stereocenters. The van der Waals surface area contributed by atoms with Crippen LogP contribution >= 0.6 is 0 Å². The monoisotopic (exact) mass is 189 g/mol. The second kappa shape index (κ2) is 6.03. The fraction of sp³-hybridized carbons (Fsp3) is 0.231. The van der Waals surface area contributed by atoms with Gasteiger partial charge in [-0.3, -0.25) is 0 Å². The minimum absolute atomic E-state index is 0.628. The van der Waals surface area contributed by atoms with Crippen LogP contribution in [-0.4, -0.2) is 0 Å². The van der Waals surface area contributed by atoms with Crippen molar-refractivity contribution in [2.24, 2.45) is 5.73 Å². The van der Waals surface area contributed by atoms with Crippen molar-refractivity contribution < 1.29 is 0 Å². The number of allylic oxidation sites excluding steroid dienone is 6. The van der Waals surface area contributed by atoms with E-state index in [4.69, 9.17) is 5.73 Å². The van der Waals surface area contributed by atoms with Crippen molar-refractivity contribution in [2.45, 2.75) is 20.3 Å². The highest BCUT2D eigenvalue weighted by atomic mass is 14.6. The van der Waals surface area contributed by atoms with Gasteiger partial charge in [-0.2, -0.15) is 0 Å². The van der Waals surface area contributed by atoms with Crippen LogP contribution in [0.3, 0.4) is 0 Å². The first-order chi connectivity index (χ1) is 6.47. The largest absolute Gasteiger partial charge is 0.402 e. The molecule has 0 aliphatic rings. The maximum Gasteiger partial charge on any atom is 0.0115 e. The molecule has 0 radical (unpaired) electrons. The van der Waals surface area contributed by atoms with Crippen LogP contribution in [0.15, 0.2) is 60.4 Å². The molecule has 2 N–H and O–H groups in total. The van der Waals surface area contributed by atoms with Crippen molar-refractivity contribution >= 4 is 0 Å². The number of rotatable bonds is 5. The van der Waals surface area contributed by atoms with Crippen molar-refractivity contribution in [3.05, 3.63) is 60.4 Å². The molecular formula is C13H19N. The van der Waals surface area contributed by atoms with E-state index in [1.54, 1.807) is 0 Å². The Morgan fingerprint density at radius 2 is 1.86 bits per heavy atom. The van der Waals surface area contributed by atoms with E-state index in [9.17, 15) is 0 Å². The number of hydrogen-bond acceptors (Lipinski definition) is 1. The molecule has 0 heterocycles. The third-order valence-corrected chi connectivity index (χ3v) is 1.60. The molecule has 0 aromatic carbocycles. The van der Waals surface area contributed by atoms with E-state index in [2.05, 4.69) is 19.7 Å². The average molecular weight is 189 g/mol. The summed E-state index contributed by atoms with van der Waals surface area (Å²) in [5, 5.41) is 0. The van der Waals surface area contributed by atoms with Gasteiger partial charge in [0.15, 0.2) is 0 Å². The lowest BCUT2D eigenvalue weighted by molar-refractivity contribution is 1.11. The first kappa shape index (κ1) is 12.5. The van der Waals surface area contributed by atoms with Crippen molar-refractivity contribution in [1.29, 1.82) is 0 Å². The van der Waals surface area contributed by atoms with Gasteiger partial charge in [0, 0.05) is 12.1 Å². The van der Waals surface area contributed by atoms with Crippen molar-refractivity contribution in [1.82, 2.24) is 0 Å². The van der Waals surface area contributed by atoms with Gasteiger partial charge >= 0.3 is 0 Å². The van der Waals surface area contributed by atoms with Crippen LogP contribution in [0.5, 0.6) is 0 Å². The predicted octanol–water partition coefficient (Wildman–Crippen LogP) is 3.48. The van der Waals surface area contributed by atoms with Crippen LogP contribution in [0.2, 0.25) is 0 Å². The maximum atomic E-state index is 5.53. The lowest BCUT2D eigenvalue weighted by Gasteiger charge is -2.06. The molecule has 0 rings (SSSR count). The highest BCUT2D eigenvalue weighted by molar-refractivity contribution is 5.43. The zero-order chi connectivity index (χ0) is 11.1. The smallest absolute Gasteiger partial charge is 0.0115 e. The third-order valence-electron chi connectivity index (χ3n) is 1.60. The fourth-order valence-corrected chi connectivity index (χ4v) is 1.09. The SMILES string of the molecule is C=C(C)/C=C(\C=C/C)C(=C)CC(=C)N. The molecule has 0 bridgehead atoms. The molecule has 0 aromatic heterocycles. The van der Waals surface area contributed by atoms with Crippen LogP contribution < -0.4 is 5.73 Å². The molecule has 0 amide bonds. The van der Waals surface area contributed by atoms with E-state index >= 15 is 0 Å². The van der Waals surface area contributed by atoms with E-state index in [1.807, 2.05) is 32.1 Å². The molecule has 1 heteroatoms. The van der Waals surface area contributed by atoms with Crippen molar-refractivity contribution in [3.63, 3.8) is 0 Å². The van der Waals surface area contributed by atoms with Gasteiger partial charge in [0.2, 0.25) is 0 Å². The van der Waals surface area contributed by atoms with Gasteiger partial charge in [0.25, 0.3) is 0 Å². The molecule has 0 atom stereocenters. The summed E-state index contributed by atoms with van der Waals surface area (Å²) in [7, 11) is 0. The van der Waals surface area contributed by atoms with Crippen LogP contribution in [0.25, 0.3) is 0 Å². The molecule has 0 aliphatic heterocycles. The van der Waals surface area contributed by atoms with Crippen LogP contribution in [0, 0.1) is 0 Å². The van der Waals surface area contributed by atoms with Crippen molar-refractivity contribution in [3.8, 4) is 0 Å². The standard InChI is InChI=1S/C13H19N/c1-6-7-13(8-10(2)3)11(4)9-12(5)14/h6-8H,2,4-5,9,14H2,1,3H3/b7-6-,13-8+. The molecule has 1 nitrogen and oxygen atoms in total. The van der Waals surface area contributed by atoms with Gasteiger partial charge < -0.3 is 5.73 Å². The van der Waals surface area contributed by atoms with Gasteiger partial charge in [0.05, 0.1) is 0 Å². The zero-order valence-corrected chi connectivity index (χ0v) is 9.14. The summed E-state index contributed by atoms with van der Waals surface area (Å²) in [5.74, 6) is 0. The lowest BCUT2D eigenvalue weighted by Crippen LogP contribution is -1.97. The van der Waals surface area contributed by atoms with E-state index in [1.165, 1.54) is 0 Å². The number of nitrogens with two attached hydrogens (primary N) is 1. The summed E-state index contributed by atoms with van der Waals surface area (Å²) in [6, 6.07) is 0. The Labute approximate surface area is 87.0 Å². The molecular weight excluding hydrogens is 170 g/mol. The highest BCUT2D eigenvalue weighted by Gasteiger charge is 1.99. The van der Waals surface area contributed by atoms with E-state index in [0.29, 0.717) is 12.1 Å². The quantitative estimate of drug-likeness (QED) is 0.658. The van der Waals surface area contributed by atoms with E-state index in [-0.39, 0.29) is 0 Å². The van der Waals surface area contributed by atoms with Crippen LogP contribution in [0.4, 0.5) is 0 Å². The predicted molar refractivity (Wildman–Crippen MR) is 64.8 cm³/mol. The molecule has 76 valence electrons. The van der Waals surface area contributed by atoms with Crippen molar-refractivity contribution in [2.75, 3.05) is 0 Å². The van der Waals surface area contributed by atoms with Crippen LogP contribution in [0.1, 0.15) is 20.3 Å². The molecule has 0 aliphatic carbocycles. The maximum absolute atomic E-state index is 5.53. The zero-order valence-electron chi connectivity index (χ0n) is 9.14. The molecule has 0 spiro atoms. The minimum atomic E-state index is 0.628. The first-order valence-electron chi connectivity index (χ1n) is 4.58. The Morgan fingerprint density at radius 1 is 1.29 bits per heavy atom. The fourth-order valence-electron chi connectivity index (χ4n) is 1.09. The third kappa shape index (κ3) is 5.20. The van der Waals surface area contributed by atoms with Gasteiger partial charge in [-0.25, -0.2) is 0 Å². The topological polar surface area (TPSA) is 26.0 Å². The van der Waals surface area contributed by atoms with Gasteiger partial charge in [-0.05, 0) is 25.0 Å². The minimum Gasteiger partial charge on any atom is -0.402 e. The van der Waals surface area contributed by atoms with E-state index < -0.39 is 0 Å². The van der Waals surface area contributed by atoms with Gasteiger partial charge in [0.1, 0.15) is 0 Å². The summed E-state index contributed by atoms with van der Waals surface area (Å²) >= 11 is 0. The van der Waals surface area contributed by atoms with Gasteiger partial charge in [-0.1, -0.05) is 43.5 Å². The normalized spacial score (nSPS) is 11.7. The molecule has 14 heavy (non-hydrogen) atoms. The lowest BCUT2D eigenvalue weighted by atomic mass is 10.0. The summed E-state index contributed by atoms with van der Waals surface area (Å²) in [4.78, 5) is 0. The Hall–Kier alpha value is -1.50.